The highest BCUT2D eigenvalue weighted by Crippen LogP contribution is 2.38. The van der Waals surface area contributed by atoms with Crippen LogP contribution in [0.25, 0.3) is 0 Å². The first kappa shape index (κ1) is 9.32. The topological polar surface area (TPSA) is 98.1 Å². The standard InChI is InChI=1S/C8H9NO5/c10-4-1-2-8(7(13)6(4)12)3-5(11)9(8)14/h1-2,6-7,12-14H,3H2/t6-,7-,8?/m1/s1. The number of nitrogens with zero attached hydrogens (tertiary/aromatic N) is 1. The Morgan fingerprint density at radius 1 is 1.43 bits per heavy atom. The third-order valence-electron chi connectivity index (χ3n) is 2.70. The molecule has 1 unspecified atom stereocenters. The molecule has 76 valence electrons. The second-order valence-corrected chi connectivity index (χ2v) is 3.50. The van der Waals surface area contributed by atoms with Gasteiger partial charge in [-0.1, -0.05) is 0 Å². The van der Waals surface area contributed by atoms with Crippen LogP contribution in [0.3, 0.4) is 0 Å². The molecule has 3 atom stereocenters. The molecule has 1 amide bonds. The average molecular weight is 199 g/mol. The molecule has 2 rings (SSSR count). The minimum Gasteiger partial charge on any atom is -0.387 e. The summed E-state index contributed by atoms with van der Waals surface area (Å²) in [7, 11) is 0. The van der Waals surface area contributed by atoms with Crippen molar-refractivity contribution in [1.82, 2.24) is 5.06 Å². The van der Waals surface area contributed by atoms with Crippen LogP contribution in [0.2, 0.25) is 0 Å². The predicted octanol–water partition coefficient (Wildman–Crippen LogP) is -1.79. The number of rotatable bonds is 0. The molecule has 1 spiro atoms. The molecule has 0 aromatic heterocycles. The van der Waals surface area contributed by atoms with E-state index in [9.17, 15) is 25.0 Å². The molecule has 2 aliphatic rings. The largest absolute Gasteiger partial charge is 0.387 e. The van der Waals surface area contributed by atoms with Crippen molar-refractivity contribution in [2.45, 2.75) is 24.2 Å². The molecule has 3 N–H and O–H groups in total. The summed E-state index contributed by atoms with van der Waals surface area (Å²) < 4.78 is 0. The molecule has 1 saturated heterocycles. The van der Waals surface area contributed by atoms with Gasteiger partial charge in [0.25, 0.3) is 0 Å². The molecule has 0 radical (unpaired) electrons. The van der Waals surface area contributed by atoms with Gasteiger partial charge in [-0.15, -0.1) is 0 Å². The summed E-state index contributed by atoms with van der Waals surface area (Å²) in [5.74, 6) is -1.17. The van der Waals surface area contributed by atoms with Crippen molar-refractivity contribution in [1.29, 1.82) is 0 Å². The lowest BCUT2D eigenvalue weighted by atomic mass is 9.74. The molecule has 6 nitrogen and oxygen atoms in total. The summed E-state index contributed by atoms with van der Waals surface area (Å²) in [6, 6.07) is 0. The lowest BCUT2D eigenvalue weighted by Crippen LogP contribution is -2.71. The van der Waals surface area contributed by atoms with Crippen LogP contribution in [0.15, 0.2) is 12.2 Å². The Bertz CT molecular complexity index is 339. The van der Waals surface area contributed by atoms with E-state index >= 15 is 0 Å². The molecule has 14 heavy (non-hydrogen) atoms. The van der Waals surface area contributed by atoms with Crippen LogP contribution in [0, 0.1) is 0 Å². The van der Waals surface area contributed by atoms with Gasteiger partial charge in [0.2, 0.25) is 5.91 Å². The number of hydrogen-bond donors (Lipinski definition) is 3. The van der Waals surface area contributed by atoms with Crippen molar-refractivity contribution in [3.63, 3.8) is 0 Å². The summed E-state index contributed by atoms with van der Waals surface area (Å²) in [6.45, 7) is 0. The van der Waals surface area contributed by atoms with Crippen molar-refractivity contribution in [3.8, 4) is 0 Å². The molecule has 1 fully saturated rings. The van der Waals surface area contributed by atoms with E-state index in [-0.39, 0.29) is 6.42 Å². The second-order valence-electron chi connectivity index (χ2n) is 3.50. The Balaban J connectivity index is 2.34. The van der Waals surface area contributed by atoms with Gasteiger partial charge in [0, 0.05) is 0 Å². The Labute approximate surface area is 79.0 Å². The number of hydroxylamine groups is 2. The minimum atomic E-state index is -1.58. The lowest BCUT2D eigenvalue weighted by Gasteiger charge is -2.50. The Kier molecular flexibility index (Phi) is 1.75. The molecule has 0 aromatic carbocycles. The zero-order valence-electron chi connectivity index (χ0n) is 7.12. The van der Waals surface area contributed by atoms with E-state index in [1.165, 1.54) is 6.08 Å². The first-order valence-electron chi connectivity index (χ1n) is 4.10. The highest BCUT2D eigenvalue weighted by molar-refractivity contribution is 5.97. The van der Waals surface area contributed by atoms with Gasteiger partial charge in [-0.3, -0.25) is 14.8 Å². The maximum Gasteiger partial charge on any atom is 0.249 e. The highest BCUT2D eigenvalue weighted by atomic mass is 16.5. The van der Waals surface area contributed by atoms with Crippen LogP contribution < -0.4 is 0 Å². The van der Waals surface area contributed by atoms with Gasteiger partial charge in [0.05, 0.1) is 6.42 Å². The first-order chi connectivity index (χ1) is 6.49. The number of carbonyl (C=O) groups is 2. The Morgan fingerprint density at radius 3 is 2.57 bits per heavy atom. The quantitative estimate of drug-likeness (QED) is 0.316. The monoisotopic (exact) mass is 199 g/mol. The molecule has 0 aromatic rings. The van der Waals surface area contributed by atoms with E-state index in [2.05, 4.69) is 0 Å². The fourth-order valence-corrected chi connectivity index (χ4v) is 1.74. The number of hydrogen-bond acceptors (Lipinski definition) is 5. The average Bonchev–Trinajstić information content (AvgIpc) is 2.18. The molecule has 1 aliphatic carbocycles. The molecule has 6 heteroatoms. The number of aliphatic hydroxyl groups is 2. The summed E-state index contributed by atoms with van der Waals surface area (Å²) in [4.78, 5) is 21.7. The Hall–Kier alpha value is -1.24. The van der Waals surface area contributed by atoms with E-state index in [4.69, 9.17) is 0 Å². The molecule has 0 saturated carbocycles. The van der Waals surface area contributed by atoms with Crippen LogP contribution in [0.5, 0.6) is 0 Å². The SMILES string of the molecule is O=C1C=CC2(CC(=O)N2O)[C@H](O)[C@@H]1O. The van der Waals surface area contributed by atoms with Crippen LogP contribution >= 0.6 is 0 Å². The van der Waals surface area contributed by atoms with Gasteiger partial charge in [-0.25, -0.2) is 5.06 Å². The maximum atomic E-state index is 10.9. The predicted molar refractivity (Wildman–Crippen MR) is 42.1 cm³/mol. The zero-order valence-corrected chi connectivity index (χ0v) is 7.12. The molecule has 0 bridgehead atoms. The summed E-state index contributed by atoms with van der Waals surface area (Å²) in [5.41, 5.74) is -1.32. The fourth-order valence-electron chi connectivity index (χ4n) is 1.74. The van der Waals surface area contributed by atoms with Crippen LogP contribution in [-0.4, -0.2) is 49.9 Å². The van der Waals surface area contributed by atoms with Gasteiger partial charge in [-0.05, 0) is 12.2 Å². The number of ketones is 1. The summed E-state index contributed by atoms with van der Waals surface area (Å²) >= 11 is 0. The van der Waals surface area contributed by atoms with Crippen LogP contribution in [-0.2, 0) is 9.59 Å². The third kappa shape index (κ3) is 0.899. The Morgan fingerprint density at radius 2 is 2.07 bits per heavy atom. The van der Waals surface area contributed by atoms with Gasteiger partial charge in [0.1, 0.15) is 17.7 Å². The van der Waals surface area contributed by atoms with Gasteiger partial charge in [-0.2, -0.15) is 0 Å². The van der Waals surface area contributed by atoms with Crippen LogP contribution in [0.4, 0.5) is 0 Å². The maximum absolute atomic E-state index is 10.9. The minimum absolute atomic E-state index is 0.106. The number of β-lactam (4-membered cyclic amide) rings is 1. The van der Waals surface area contributed by atoms with E-state index in [1.807, 2.05) is 0 Å². The fraction of sp³-hybridized carbons (Fsp3) is 0.500. The third-order valence-corrected chi connectivity index (χ3v) is 2.70. The smallest absolute Gasteiger partial charge is 0.249 e. The van der Waals surface area contributed by atoms with E-state index in [0.29, 0.717) is 5.06 Å². The van der Waals surface area contributed by atoms with E-state index < -0.39 is 29.4 Å². The second kappa shape index (κ2) is 2.63. The van der Waals surface area contributed by atoms with E-state index in [0.717, 1.165) is 6.08 Å². The molecule has 1 aliphatic heterocycles. The number of carbonyl (C=O) groups excluding carboxylic acids is 2. The number of aliphatic hydroxyl groups excluding tert-OH is 2. The van der Waals surface area contributed by atoms with E-state index in [1.54, 1.807) is 0 Å². The van der Waals surface area contributed by atoms with Crippen LogP contribution in [0.1, 0.15) is 6.42 Å². The lowest BCUT2D eigenvalue weighted by molar-refractivity contribution is -0.245. The zero-order chi connectivity index (χ0) is 10.5. The van der Waals surface area contributed by atoms with Gasteiger partial charge < -0.3 is 10.2 Å². The van der Waals surface area contributed by atoms with Gasteiger partial charge >= 0.3 is 0 Å². The summed E-state index contributed by atoms with van der Waals surface area (Å²) in [6.07, 6.45) is -0.849. The highest BCUT2D eigenvalue weighted by Gasteiger charge is 2.58. The molecular weight excluding hydrogens is 190 g/mol. The van der Waals surface area contributed by atoms with Crippen molar-refractivity contribution in [3.05, 3.63) is 12.2 Å². The summed E-state index contributed by atoms with van der Waals surface area (Å²) in [5, 5.41) is 28.3. The van der Waals surface area contributed by atoms with Crippen molar-refractivity contribution in [2.24, 2.45) is 0 Å². The van der Waals surface area contributed by atoms with Crippen molar-refractivity contribution < 1.29 is 25.0 Å². The molecular formula is C8H9NO5. The van der Waals surface area contributed by atoms with Gasteiger partial charge in [0.15, 0.2) is 5.78 Å². The first-order valence-corrected chi connectivity index (χ1v) is 4.10. The van der Waals surface area contributed by atoms with Crippen molar-refractivity contribution in [2.75, 3.05) is 0 Å². The number of amides is 1. The van der Waals surface area contributed by atoms with Crippen molar-refractivity contribution >= 4 is 11.7 Å². The molecule has 1 heterocycles. The normalized spacial score (nSPS) is 41.8.